The van der Waals surface area contributed by atoms with Crippen LogP contribution in [0.1, 0.15) is 74.0 Å². The fourth-order valence-corrected chi connectivity index (χ4v) is 6.43. The first-order valence-corrected chi connectivity index (χ1v) is 15.2. The van der Waals surface area contributed by atoms with Crippen LogP contribution in [0.25, 0.3) is 27.6 Å². The van der Waals surface area contributed by atoms with Crippen molar-refractivity contribution in [2.75, 3.05) is 11.6 Å². The lowest BCUT2D eigenvalue weighted by Crippen LogP contribution is -2.22. The van der Waals surface area contributed by atoms with Gasteiger partial charge >= 0.3 is 0 Å². The van der Waals surface area contributed by atoms with E-state index in [0.29, 0.717) is 30.3 Å². The van der Waals surface area contributed by atoms with Crippen LogP contribution in [0.3, 0.4) is 0 Å². The zero-order valence-corrected chi connectivity index (χ0v) is 23.4. The van der Waals surface area contributed by atoms with E-state index in [2.05, 4.69) is 17.2 Å². The quantitative estimate of drug-likeness (QED) is 0.312. The van der Waals surface area contributed by atoms with Crippen LogP contribution in [0.4, 0.5) is 5.69 Å². The molecule has 38 heavy (non-hydrogen) atoms. The number of nitrogens with one attached hydrogen (secondary N) is 2. The second kappa shape index (κ2) is 11.2. The maximum Gasteiger partial charge on any atom is 0.250 e. The predicted molar refractivity (Wildman–Crippen MR) is 155 cm³/mol. The van der Waals surface area contributed by atoms with E-state index in [-0.39, 0.29) is 17.1 Å². The molecule has 0 aliphatic heterocycles. The van der Waals surface area contributed by atoms with E-state index in [1.165, 1.54) is 6.26 Å². The number of carbonyl (C=O) groups excluding carboxylic acids is 2. The van der Waals surface area contributed by atoms with Crippen molar-refractivity contribution >= 4 is 43.8 Å². The van der Waals surface area contributed by atoms with E-state index in [1.807, 2.05) is 50.3 Å². The molecule has 7 nitrogen and oxygen atoms in total. The number of benzene rings is 2. The van der Waals surface area contributed by atoms with E-state index in [4.69, 9.17) is 5.73 Å². The Morgan fingerprint density at radius 2 is 1.92 bits per heavy atom. The molecule has 0 spiro atoms. The lowest BCUT2D eigenvalue weighted by atomic mass is 9.93. The Morgan fingerprint density at radius 1 is 1.16 bits per heavy atom. The number of H-pyrrole nitrogens is 1. The summed E-state index contributed by atoms with van der Waals surface area (Å²) in [5.74, 6) is -0.517. The van der Waals surface area contributed by atoms with Gasteiger partial charge in [-0.3, -0.25) is 9.59 Å². The normalized spacial score (nSPS) is 16.7. The molecular weight excluding hydrogens is 498 g/mol. The van der Waals surface area contributed by atoms with Crippen molar-refractivity contribution in [1.82, 2.24) is 4.98 Å². The highest BCUT2D eigenvalue weighted by Gasteiger charge is 2.25. The molecule has 202 valence electrons. The molecule has 8 heteroatoms. The summed E-state index contributed by atoms with van der Waals surface area (Å²) in [6, 6.07) is 11.5. The maximum atomic E-state index is 12.9. The Hall–Kier alpha value is -3.39. The van der Waals surface area contributed by atoms with Crippen LogP contribution in [0, 0.1) is 12.8 Å². The zero-order valence-electron chi connectivity index (χ0n) is 22.6. The van der Waals surface area contributed by atoms with Crippen molar-refractivity contribution in [3.8, 4) is 11.1 Å². The Bertz CT molecular complexity index is 1520. The first-order valence-electron chi connectivity index (χ1n) is 13.3. The van der Waals surface area contributed by atoms with Gasteiger partial charge in [0.2, 0.25) is 5.91 Å². The second-order valence-corrected chi connectivity index (χ2v) is 12.6. The number of amides is 2. The third-order valence-electron chi connectivity index (χ3n) is 7.76. The molecule has 2 unspecified atom stereocenters. The summed E-state index contributed by atoms with van der Waals surface area (Å²) in [5, 5.41) is 3.62. The van der Waals surface area contributed by atoms with Crippen LogP contribution >= 0.6 is 0 Å². The lowest BCUT2D eigenvalue weighted by Gasteiger charge is -2.19. The van der Waals surface area contributed by atoms with Crippen molar-refractivity contribution in [1.29, 1.82) is 0 Å². The van der Waals surface area contributed by atoms with Crippen LogP contribution in [0.15, 0.2) is 42.5 Å². The van der Waals surface area contributed by atoms with E-state index in [9.17, 15) is 18.0 Å². The number of aromatic nitrogens is 1. The summed E-state index contributed by atoms with van der Waals surface area (Å²) >= 11 is 0. The zero-order chi connectivity index (χ0) is 27.6. The summed E-state index contributed by atoms with van der Waals surface area (Å²) in [6.45, 7) is 6.11. The van der Waals surface area contributed by atoms with Gasteiger partial charge in [0.05, 0.1) is 16.3 Å². The number of primary amides is 1. The van der Waals surface area contributed by atoms with Gasteiger partial charge in [0.1, 0.15) is 0 Å². The number of nitrogens with two attached hydrogens (primary N) is 1. The SMILES string of the molecule is CCCC(CC)C(=O)Nc1cccc(-c2ccc(C(N)=O)c3[nH]c(C4=CCC(S(C)(=O)=O)CC4)cc23)c1C. The van der Waals surface area contributed by atoms with Gasteiger partial charge in [-0.2, -0.15) is 0 Å². The number of aromatic amines is 1. The van der Waals surface area contributed by atoms with Gasteiger partial charge in [-0.25, -0.2) is 8.42 Å². The smallest absolute Gasteiger partial charge is 0.250 e. The van der Waals surface area contributed by atoms with Gasteiger partial charge in [-0.15, -0.1) is 0 Å². The van der Waals surface area contributed by atoms with Crippen molar-refractivity contribution in [3.63, 3.8) is 0 Å². The molecule has 0 fully saturated rings. The molecule has 2 amide bonds. The minimum Gasteiger partial charge on any atom is -0.366 e. The number of fused-ring (bicyclic) bond motifs is 1. The van der Waals surface area contributed by atoms with E-state index in [0.717, 1.165) is 58.3 Å². The third kappa shape index (κ3) is 5.55. The molecule has 4 rings (SSSR count). The molecule has 1 heterocycles. The molecule has 1 aliphatic carbocycles. The summed E-state index contributed by atoms with van der Waals surface area (Å²) < 4.78 is 24.0. The first kappa shape index (κ1) is 27.6. The van der Waals surface area contributed by atoms with Gasteiger partial charge in [-0.05, 0) is 79.5 Å². The average molecular weight is 536 g/mol. The highest BCUT2D eigenvalue weighted by atomic mass is 32.2. The molecule has 1 aliphatic rings. The van der Waals surface area contributed by atoms with Crippen LogP contribution in [0.5, 0.6) is 0 Å². The fourth-order valence-electron chi connectivity index (χ4n) is 5.44. The number of hydrogen-bond acceptors (Lipinski definition) is 4. The molecule has 1 aromatic heterocycles. The molecule has 0 bridgehead atoms. The highest BCUT2D eigenvalue weighted by molar-refractivity contribution is 7.91. The average Bonchev–Trinajstić information content (AvgIpc) is 3.33. The summed E-state index contributed by atoms with van der Waals surface area (Å²) in [4.78, 5) is 28.6. The minimum absolute atomic E-state index is 0.0251. The number of hydrogen-bond donors (Lipinski definition) is 3. The van der Waals surface area contributed by atoms with Crippen LogP contribution in [-0.2, 0) is 14.6 Å². The standard InChI is InChI=1S/C30H37N3O4S/c1-5-8-19(6-2)30(35)33-26-10-7-9-22(18(26)3)23-15-16-24(29(31)34)28-25(23)17-27(32-28)20-11-13-21(14-12-20)38(4,36)37/h7,9-11,15-17,19,21,32H,5-6,8,12-14H2,1-4H3,(H2,31,34)(H,33,35). The first-order chi connectivity index (χ1) is 18.0. The number of sulfone groups is 1. The number of anilines is 1. The summed E-state index contributed by atoms with van der Waals surface area (Å²) in [6.07, 6.45) is 7.52. The van der Waals surface area contributed by atoms with E-state index >= 15 is 0 Å². The number of allylic oxidation sites excluding steroid dienone is 2. The molecular formula is C30H37N3O4S. The Kier molecular flexibility index (Phi) is 8.11. The Morgan fingerprint density at radius 3 is 2.53 bits per heavy atom. The minimum atomic E-state index is -3.09. The van der Waals surface area contributed by atoms with Crippen molar-refractivity contribution in [2.24, 2.45) is 11.7 Å². The molecule has 0 saturated heterocycles. The maximum absolute atomic E-state index is 12.9. The third-order valence-corrected chi connectivity index (χ3v) is 9.40. The molecule has 3 aromatic rings. The summed E-state index contributed by atoms with van der Waals surface area (Å²) in [5.41, 5.74) is 12.2. The predicted octanol–water partition coefficient (Wildman–Crippen LogP) is 5.99. The van der Waals surface area contributed by atoms with Crippen LogP contribution in [0.2, 0.25) is 0 Å². The molecule has 0 saturated carbocycles. The van der Waals surface area contributed by atoms with E-state index in [1.54, 1.807) is 6.07 Å². The number of carbonyl (C=O) groups is 2. The van der Waals surface area contributed by atoms with Gasteiger partial charge in [0.25, 0.3) is 5.91 Å². The molecule has 2 aromatic carbocycles. The fraction of sp³-hybridized carbons (Fsp3) is 0.400. The highest BCUT2D eigenvalue weighted by Crippen LogP contribution is 2.38. The number of rotatable bonds is 9. The van der Waals surface area contributed by atoms with E-state index < -0.39 is 15.7 Å². The topological polar surface area (TPSA) is 122 Å². The van der Waals surface area contributed by atoms with Gasteiger partial charge in [-0.1, -0.05) is 44.5 Å². The Balaban J connectivity index is 1.77. The van der Waals surface area contributed by atoms with Gasteiger partial charge < -0.3 is 16.0 Å². The summed E-state index contributed by atoms with van der Waals surface area (Å²) in [7, 11) is -3.09. The monoisotopic (exact) mass is 535 g/mol. The molecule has 4 N–H and O–H groups in total. The molecule has 2 atom stereocenters. The van der Waals surface area contributed by atoms with Crippen LogP contribution < -0.4 is 11.1 Å². The van der Waals surface area contributed by atoms with Crippen molar-refractivity contribution in [3.05, 3.63) is 59.3 Å². The molecule has 0 radical (unpaired) electrons. The van der Waals surface area contributed by atoms with Crippen molar-refractivity contribution in [2.45, 2.75) is 64.5 Å². The second-order valence-electron chi connectivity index (χ2n) is 10.3. The van der Waals surface area contributed by atoms with Crippen molar-refractivity contribution < 1.29 is 18.0 Å². The van der Waals surface area contributed by atoms with Gasteiger partial charge in [0, 0.05) is 28.9 Å². The Labute approximate surface area is 224 Å². The lowest BCUT2D eigenvalue weighted by molar-refractivity contribution is -0.120. The van der Waals surface area contributed by atoms with Crippen LogP contribution in [-0.4, -0.2) is 36.7 Å². The largest absolute Gasteiger partial charge is 0.366 e. The van der Waals surface area contributed by atoms with Gasteiger partial charge in [0.15, 0.2) is 9.84 Å².